The highest BCUT2D eigenvalue weighted by atomic mass is 35.5. The SMILES string of the molecule is CNc1ccnc(CSc2cccc(Cl)c2)n1. The Kier molecular flexibility index (Phi) is 4.23. The van der Waals surface area contributed by atoms with Gasteiger partial charge in [0.25, 0.3) is 0 Å². The monoisotopic (exact) mass is 265 g/mol. The van der Waals surface area contributed by atoms with Crippen LogP contribution in [0.5, 0.6) is 0 Å². The second-order valence-electron chi connectivity index (χ2n) is 3.35. The molecule has 0 aliphatic carbocycles. The summed E-state index contributed by atoms with van der Waals surface area (Å²) in [5, 5.41) is 3.74. The number of hydrogen-bond acceptors (Lipinski definition) is 4. The predicted octanol–water partition coefficient (Wildman–Crippen LogP) is 3.46. The molecule has 0 aliphatic heterocycles. The minimum atomic E-state index is 0.732. The van der Waals surface area contributed by atoms with Crippen LogP contribution in [-0.4, -0.2) is 17.0 Å². The van der Waals surface area contributed by atoms with Crippen molar-refractivity contribution in [2.45, 2.75) is 10.6 Å². The topological polar surface area (TPSA) is 37.8 Å². The number of aromatic nitrogens is 2. The van der Waals surface area contributed by atoms with Gasteiger partial charge in [-0.1, -0.05) is 17.7 Å². The Morgan fingerprint density at radius 2 is 2.24 bits per heavy atom. The average molecular weight is 266 g/mol. The number of nitrogens with one attached hydrogen (secondary N) is 1. The molecule has 2 aromatic rings. The van der Waals surface area contributed by atoms with Crippen LogP contribution >= 0.6 is 23.4 Å². The summed E-state index contributed by atoms with van der Waals surface area (Å²) in [4.78, 5) is 9.69. The highest BCUT2D eigenvalue weighted by Crippen LogP contribution is 2.24. The number of halogens is 1. The minimum Gasteiger partial charge on any atom is -0.373 e. The molecule has 0 bridgehead atoms. The van der Waals surface area contributed by atoms with Gasteiger partial charge >= 0.3 is 0 Å². The summed E-state index contributed by atoms with van der Waals surface area (Å²) >= 11 is 7.59. The Morgan fingerprint density at radius 1 is 1.35 bits per heavy atom. The van der Waals surface area contributed by atoms with Crippen molar-refractivity contribution in [2.24, 2.45) is 0 Å². The number of benzene rings is 1. The lowest BCUT2D eigenvalue weighted by Crippen LogP contribution is -1.97. The zero-order chi connectivity index (χ0) is 12.1. The van der Waals surface area contributed by atoms with Crippen molar-refractivity contribution >= 4 is 29.2 Å². The van der Waals surface area contributed by atoms with Crippen molar-refractivity contribution in [3.05, 3.63) is 47.4 Å². The molecule has 1 aromatic carbocycles. The Labute approximate surface area is 110 Å². The predicted molar refractivity (Wildman–Crippen MR) is 72.6 cm³/mol. The highest BCUT2D eigenvalue weighted by Gasteiger charge is 2.00. The third-order valence-corrected chi connectivity index (χ3v) is 3.35. The highest BCUT2D eigenvalue weighted by molar-refractivity contribution is 7.98. The fourth-order valence-corrected chi connectivity index (χ4v) is 2.39. The number of thioether (sulfide) groups is 1. The van der Waals surface area contributed by atoms with Gasteiger partial charge < -0.3 is 5.32 Å². The van der Waals surface area contributed by atoms with Gasteiger partial charge in [-0.25, -0.2) is 9.97 Å². The maximum absolute atomic E-state index is 5.92. The second kappa shape index (κ2) is 5.89. The molecule has 5 heteroatoms. The van der Waals surface area contributed by atoms with Crippen molar-refractivity contribution in [3.8, 4) is 0 Å². The Bertz CT molecular complexity index is 505. The largest absolute Gasteiger partial charge is 0.373 e. The molecule has 2 rings (SSSR count). The fraction of sp³-hybridized carbons (Fsp3) is 0.167. The maximum Gasteiger partial charge on any atom is 0.140 e. The number of hydrogen-bond donors (Lipinski definition) is 1. The van der Waals surface area contributed by atoms with Gasteiger partial charge in [0.15, 0.2) is 0 Å². The van der Waals surface area contributed by atoms with Gasteiger partial charge in [-0.05, 0) is 24.3 Å². The molecule has 0 fully saturated rings. The van der Waals surface area contributed by atoms with E-state index in [4.69, 9.17) is 11.6 Å². The molecular weight excluding hydrogens is 254 g/mol. The first kappa shape index (κ1) is 12.2. The van der Waals surface area contributed by atoms with Crippen molar-refractivity contribution < 1.29 is 0 Å². The lowest BCUT2D eigenvalue weighted by Gasteiger charge is -2.03. The number of anilines is 1. The smallest absolute Gasteiger partial charge is 0.140 e. The second-order valence-corrected chi connectivity index (χ2v) is 4.84. The van der Waals surface area contributed by atoms with E-state index in [1.807, 2.05) is 37.4 Å². The van der Waals surface area contributed by atoms with Crippen LogP contribution in [-0.2, 0) is 5.75 Å². The molecule has 0 saturated heterocycles. The summed E-state index contributed by atoms with van der Waals surface area (Å²) < 4.78 is 0. The lowest BCUT2D eigenvalue weighted by molar-refractivity contribution is 1.03. The summed E-state index contributed by atoms with van der Waals surface area (Å²) in [5.74, 6) is 2.37. The normalized spacial score (nSPS) is 10.2. The van der Waals surface area contributed by atoms with E-state index in [1.54, 1.807) is 18.0 Å². The maximum atomic E-state index is 5.92. The van der Waals surface area contributed by atoms with Gasteiger partial charge in [0, 0.05) is 23.2 Å². The molecule has 0 amide bonds. The van der Waals surface area contributed by atoms with Gasteiger partial charge in [-0.2, -0.15) is 0 Å². The van der Waals surface area contributed by atoms with Gasteiger partial charge in [-0.15, -0.1) is 11.8 Å². The van der Waals surface area contributed by atoms with E-state index in [0.29, 0.717) is 0 Å². The zero-order valence-corrected chi connectivity index (χ0v) is 10.9. The van der Waals surface area contributed by atoms with Crippen LogP contribution in [0.1, 0.15) is 5.82 Å². The van der Waals surface area contributed by atoms with E-state index >= 15 is 0 Å². The molecule has 3 nitrogen and oxygen atoms in total. The van der Waals surface area contributed by atoms with Gasteiger partial charge in [-0.3, -0.25) is 0 Å². The fourth-order valence-electron chi connectivity index (χ4n) is 1.31. The third kappa shape index (κ3) is 3.61. The molecule has 17 heavy (non-hydrogen) atoms. The summed E-state index contributed by atoms with van der Waals surface area (Å²) in [5.41, 5.74) is 0. The summed E-state index contributed by atoms with van der Waals surface area (Å²) in [7, 11) is 1.84. The van der Waals surface area contributed by atoms with Gasteiger partial charge in [0.05, 0.1) is 5.75 Å². The van der Waals surface area contributed by atoms with E-state index in [2.05, 4.69) is 15.3 Å². The molecular formula is C12H12ClN3S. The van der Waals surface area contributed by atoms with Crippen molar-refractivity contribution in [1.82, 2.24) is 9.97 Å². The molecule has 0 unspecified atom stereocenters. The summed E-state index contributed by atoms with van der Waals surface area (Å²) in [6.45, 7) is 0. The van der Waals surface area contributed by atoms with Crippen LogP contribution in [0.3, 0.4) is 0 Å². The van der Waals surface area contributed by atoms with Gasteiger partial charge in [0.2, 0.25) is 0 Å². The number of rotatable bonds is 4. The Hall–Kier alpha value is -1.26. The molecule has 0 saturated carbocycles. The average Bonchev–Trinajstić information content (AvgIpc) is 2.37. The summed E-state index contributed by atoms with van der Waals surface area (Å²) in [6.07, 6.45) is 1.76. The third-order valence-electron chi connectivity index (χ3n) is 2.13. The summed E-state index contributed by atoms with van der Waals surface area (Å²) in [6, 6.07) is 9.61. The Balaban J connectivity index is 2.02. The van der Waals surface area contributed by atoms with Crippen LogP contribution < -0.4 is 5.32 Å². The first-order valence-electron chi connectivity index (χ1n) is 5.16. The quantitative estimate of drug-likeness (QED) is 0.859. The van der Waals surface area contributed by atoms with Crippen LogP contribution in [0.25, 0.3) is 0 Å². The van der Waals surface area contributed by atoms with Gasteiger partial charge in [0.1, 0.15) is 11.6 Å². The molecule has 1 aromatic heterocycles. The van der Waals surface area contributed by atoms with Crippen LogP contribution in [0.15, 0.2) is 41.4 Å². The molecule has 1 heterocycles. The van der Waals surface area contributed by atoms with Crippen molar-refractivity contribution in [2.75, 3.05) is 12.4 Å². The Morgan fingerprint density at radius 3 is 3.00 bits per heavy atom. The molecule has 0 spiro atoms. The molecule has 0 atom stereocenters. The van der Waals surface area contributed by atoms with Crippen LogP contribution in [0.2, 0.25) is 5.02 Å². The zero-order valence-electron chi connectivity index (χ0n) is 9.35. The van der Waals surface area contributed by atoms with E-state index < -0.39 is 0 Å². The van der Waals surface area contributed by atoms with E-state index in [-0.39, 0.29) is 0 Å². The van der Waals surface area contributed by atoms with Crippen molar-refractivity contribution in [3.63, 3.8) is 0 Å². The van der Waals surface area contributed by atoms with E-state index in [9.17, 15) is 0 Å². The molecule has 1 N–H and O–H groups in total. The number of nitrogens with zero attached hydrogens (tertiary/aromatic N) is 2. The van der Waals surface area contributed by atoms with Crippen LogP contribution in [0.4, 0.5) is 5.82 Å². The van der Waals surface area contributed by atoms with Crippen molar-refractivity contribution in [1.29, 1.82) is 0 Å². The molecule has 0 aliphatic rings. The molecule has 0 radical (unpaired) electrons. The first-order valence-corrected chi connectivity index (χ1v) is 6.52. The van der Waals surface area contributed by atoms with E-state index in [0.717, 1.165) is 27.3 Å². The van der Waals surface area contributed by atoms with Crippen LogP contribution in [0, 0.1) is 0 Å². The molecule has 88 valence electrons. The standard InChI is InChI=1S/C12H12ClN3S/c1-14-11-5-6-15-12(16-11)8-17-10-4-2-3-9(13)7-10/h2-7H,8H2,1H3,(H,14,15,16). The lowest BCUT2D eigenvalue weighted by atomic mass is 10.4. The van der Waals surface area contributed by atoms with E-state index in [1.165, 1.54) is 0 Å². The minimum absolute atomic E-state index is 0.732. The first-order chi connectivity index (χ1) is 8.28.